The second kappa shape index (κ2) is 4.83. The summed E-state index contributed by atoms with van der Waals surface area (Å²) in [5, 5.41) is 20.0. The summed E-state index contributed by atoms with van der Waals surface area (Å²) in [6, 6.07) is 8.66. The Morgan fingerprint density at radius 1 is 1.32 bits per heavy atom. The van der Waals surface area contributed by atoms with Gasteiger partial charge in [0, 0.05) is 0 Å². The van der Waals surface area contributed by atoms with Gasteiger partial charge in [0.1, 0.15) is 0 Å². The molecule has 3 aliphatic rings. The molecule has 2 fully saturated rings. The van der Waals surface area contributed by atoms with E-state index in [4.69, 9.17) is 0 Å². The van der Waals surface area contributed by atoms with Crippen LogP contribution in [0.5, 0.6) is 0 Å². The van der Waals surface area contributed by atoms with E-state index in [2.05, 4.69) is 32.0 Å². The molecule has 0 heterocycles. The van der Waals surface area contributed by atoms with E-state index in [1.165, 1.54) is 24.0 Å². The van der Waals surface area contributed by atoms with E-state index in [1.807, 2.05) is 6.07 Å². The van der Waals surface area contributed by atoms with Gasteiger partial charge in [-0.15, -0.1) is 0 Å². The maximum absolute atomic E-state index is 10.6. The SMILES string of the molecule is C[C@@H]1CC(O)[C@@]2(C)CCC3c4cccc(C#N)c4CCC3C12. The molecule has 2 nitrogen and oxygen atoms in total. The van der Waals surface area contributed by atoms with Crippen LogP contribution in [0.15, 0.2) is 18.2 Å². The van der Waals surface area contributed by atoms with Crippen molar-refractivity contribution in [3.63, 3.8) is 0 Å². The molecule has 0 bridgehead atoms. The zero-order valence-electron chi connectivity index (χ0n) is 13.5. The van der Waals surface area contributed by atoms with Crippen LogP contribution in [0.3, 0.4) is 0 Å². The Labute approximate surface area is 133 Å². The smallest absolute Gasteiger partial charge is 0.0994 e. The summed E-state index contributed by atoms with van der Waals surface area (Å²) in [6.07, 6.45) is 5.36. The van der Waals surface area contributed by atoms with Crippen LogP contribution in [0.1, 0.15) is 62.1 Å². The summed E-state index contributed by atoms with van der Waals surface area (Å²) in [5.41, 5.74) is 3.74. The molecular weight excluding hydrogens is 270 g/mol. The van der Waals surface area contributed by atoms with Gasteiger partial charge in [0.15, 0.2) is 0 Å². The highest BCUT2D eigenvalue weighted by Crippen LogP contribution is 2.62. The number of hydrogen-bond acceptors (Lipinski definition) is 2. The van der Waals surface area contributed by atoms with Crippen molar-refractivity contribution in [1.82, 2.24) is 0 Å². The van der Waals surface area contributed by atoms with Gasteiger partial charge in [-0.25, -0.2) is 0 Å². The van der Waals surface area contributed by atoms with Crippen molar-refractivity contribution in [3.8, 4) is 6.07 Å². The van der Waals surface area contributed by atoms with Gasteiger partial charge in [-0.1, -0.05) is 26.0 Å². The molecule has 2 saturated carbocycles. The minimum absolute atomic E-state index is 0.116. The molecule has 0 amide bonds. The van der Waals surface area contributed by atoms with Crippen LogP contribution < -0.4 is 0 Å². The summed E-state index contributed by atoms with van der Waals surface area (Å²) in [7, 11) is 0. The summed E-state index contributed by atoms with van der Waals surface area (Å²) in [4.78, 5) is 0. The first kappa shape index (κ1) is 14.3. The predicted octanol–water partition coefficient (Wildman–Crippen LogP) is 4.02. The number of fused-ring (bicyclic) bond motifs is 5. The number of nitrogens with zero attached hydrogens (tertiary/aromatic N) is 1. The quantitative estimate of drug-likeness (QED) is 0.785. The summed E-state index contributed by atoms with van der Waals surface area (Å²) < 4.78 is 0. The number of rotatable bonds is 0. The lowest BCUT2D eigenvalue weighted by molar-refractivity contribution is -0.0286. The molecule has 0 saturated heterocycles. The van der Waals surface area contributed by atoms with Crippen molar-refractivity contribution in [3.05, 3.63) is 34.9 Å². The Morgan fingerprint density at radius 2 is 2.14 bits per heavy atom. The van der Waals surface area contributed by atoms with E-state index in [0.29, 0.717) is 23.7 Å². The lowest BCUT2D eigenvalue weighted by Crippen LogP contribution is -2.45. The lowest BCUT2D eigenvalue weighted by atomic mass is 9.54. The molecule has 4 rings (SSSR count). The average molecular weight is 295 g/mol. The van der Waals surface area contributed by atoms with E-state index < -0.39 is 0 Å². The molecule has 3 aliphatic carbocycles. The summed E-state index contributed by atoms with van der Waals surface area (Å²) >= 11 is 0. The van der Waals surface area contributed by atoms with E-state index >= 15 is 0 Å². The highest BCUT2D eigenvalue weighted by atomic mass is 16.3. The Bertz CT molecular complexity index is 646. The molecular formula is C20H25NO. The molecule has 1 aromatic rings. The molecule has 22 heavy (non-hydrogen) atoms. The number of nitriles is 1. The first-order chi connectivity index (χ1) is 10.6. The van der Waals surface area contributed by atoms with E-state index in [1.54, 1.807) is 0 Å². The zero-order valence-corrected chi connectivity index (χ0v) is 13.5. The monoisotopic (exact) mass is 295 g/mol. The van der Waals surface area contributed by atoms with Crippen LogP contribution in [0, 0.1) is 34.5 Å². The topological polar surface area (TPSA) is 44.0 Å². The summed E-state index contributed by atoms with van der Waals surface area (Å²) in [6.45, 7) is 4.66. The molecule has 1 aromatic carbocycles. The predicted molar refractivity (Wildman–Crippen MR) is 86.3 cm³/mol. The van der Waals surface area contributed by atoms with Crippen molar-refractivity contribution in [2.24, 2.45) is 23.2 Å². The molecule has 0 aromatic heterocycles. The van der Waals surface area contributed by atoms with Gasteiger partial charge in [0.25, 0.3) is 0 Å². The van der Waals surface area contributed by atoms with Gasteiger partial charge < -0.3 is 5.11 Å². The van der Waals surface area contributed by atoms with Crippen LogP contribution >= 0.6 is 0 Å². The molecule has 4 unspecified atom stereocenters. The highest BCUT2D eigenvalue weighted by molar-refractivity contribution is 5.46. The maximum Gasteiger partial charge on any atom is 0.0994 e. The van der Waals surface area contributed by atoms with Gasteiger partial charge in [-0.2, -0.15) is 5.26 Å². The Kier molecular flexibility index (Phi) is 3.13. The van der Waals surface area contributed by atoms with Crippen LogP contribution in [-0.4, -0.2) is 11.2 Å². The van der Waals surface area contributed by atoms with Gasteiger partial charge in [-0.3, -0.25) is 0 Å². The lowest BCUT2D eigenvalue weighted by Gasteiger charge is -2.51. The van der Waals surface area contributed by atoms with Crippen LogP contribution in [0.2, 0.25) is 0 Å². The van der Waals surface area contributed by atoms with Crippen molar-refractivity contribution in [1.29, 1.82) is 5.26 Å². The number of benzene rings is 1. The third-order valence-electron chi connectivity index (χ3n) is 7.16. The Morgan fingerprint density at radius 3 is 2.91 bits per heavy atom. The van der Waals surface area contributed by atoms with Gasteiger partial charge in [0.05, 0.1) is 17.7 Å². The van der Waals surface area contributed by atoms with Crippen LogP contribution in [0.4, 0.5) is 0 Å². The van der Waals surface area contributed by atoms with Crippen molar-refractivity contribution < 1.29 is 5.11 Å². The van der Waals surface area contributed by atoms with E-state index in [-0.39, 0.29) is 11.5 Å². The third-order valence-corrected chi connectivity index (χ3v) is 7.16. The minimum Gasteiger partial charge on any atom is -0.393 e. The molecule has 6 atom stereocenters. The molecule has 0 aliphatic heterocycles. The average Bonchev–Trinajstić information content (AvgIpc) is 2.76. The second-order valence-corrected chi connectivity index (χ2v) is 8.09. The van der Waals surface area contributed by atoms with Crippen LogP contribution in [0.25, 0.3) is 0 Å². The fourth-order valence-electron chi connectivity index (χ4n) is 6.23. The van der Waals surface area contributed by atoms with Crippen molar-refractivity contribution >= 4 is 0 Å². The highest BCUT2D eigenvalue weighted by Gasteiger charge is 2.57. The third kappa shape index (κ3) is 1.75. The standard InChI is InChI=1S/C20H25NO/c1-12-10-18(22)20(2)9-8-16-15-5-3-4-13(11-21)14(15)6-7-17(16)19(12)20/h3-5,12,16-19,22H,6-10H2,1-2H3/t12-,16?,17?,18?,19?,20-/m1/s1. The van der Waals surface area contributed by atoms with E-state index in [0.717, 1.165) is 24.8 Å². The van der Waals surface area contributed by atoms with Crippen LogP contribution in [-0.2, 0) is 6.42 Å². The maximum atomic E-state index is 10.6. The minimum atomic E-state index is -0.125. The van der Waals surface area contributed by atoms with Gasteiger partial charge in [0.2, 0.25) is 0 Å². The molecule has 0 radical (unpaired) electrons. The van der Waals surface area contributed by atoms with Gasteiger partial charge >= 0.3 is 0 Å². The summed E-state index contributed by atoms with van der Waals surface area (Å²) in [5.74, 6) is 2.55. The number of aliphatic hydroxyl groups excluding tert-OH is 1. The van der Waals surface area contributed by atoms with Gasteiger partial charge in [-0.05, 0) is 78.4 Å². The number of aliphatic hydroxyl groups is 1. The molecule has 1 N–H and O–H groups in total. The molecule has 116 valence electrons. The molecule has 0 spiro atoms. The Balaban J connectivity index is 1.76. The zero-order chi connectivity index (χ0) is 15.5. The second-order valence-electron chi connectivity index (χ2n) is 8.09. The van der Waals surface area contributed by atoms with Crippen molar-refractivity contribution in [2.75, 3.05) is 0 Å². The fourth-order valence-corrected chi connectivity index (χ4v) is 6.23. The van der Waals surface area contributed by atoms with Crippen molar-refractivity contribution in [2.45, 2.75) is 58.0 Å². The number of hydrogen-bond donors (Lipinski definition) is 1. The normalized spacial score (nSPS) is 42.9. The van der Waals surface area contributed by atoms with E-state index in [9.17, 15) is 10.4 Å². The first-order valence-corrected chi connectivity index (χ1v) is 8.76. The Hall–Kier alpha value is -1.33. The largest absolute Gasteiger partial charge is 0.393 e. The molecule has 2 heteroatoms. The fraction of sp³-hybridized carbons (Fsp3) is 0.650. The first-order valence-electron chi connectivity index (χ1n) is 8.76.